The quantitative estimate of drug-likeness (QED) is 0.744. The van der Waals surface area contributed by atoms with Crippen LogP contribution >= 0.6 is 0 Å². The van der Waals surface area contributed by atoms with Crippen molar-refractivity contribution in [2.45, 2.75) is 26.2 Å². The summed E-state index contributed by atoms with van der Waals surface area (Å²) in [5.74, 6) is 0.786. The van der Waals surface area contributed by atoms with Gasteiger partial charge in [-0.25, -0.2) is 8.42 Å². The fraction of sp³-hybridized carbons (Fsp3) is 0.529. The third kappa shape index (κ3) is 4.58. The van der Waals surface area contributed by atoms with Crippen LogP contribution in [0.2, 0.25) is 0 Å². The van der Waals surface area contributed by atoms with Crippen LogP contribution in [0, 0.1) is 0 Å². The first-order valence-corrected chi connectivity index (χ1v) is 10.3. The summed E-state index contributed by atoms with van der Waals surface area (Å²) in [5, 5.41) is 7.98. The summed E-state index contributed by atoms with van der Waals surface area (Å²) in [6, 6.07) is 10.5. The van der Waals surface area contributed by atoms with Crippen molar-refractivity contribution in [1.29, 1.82) is 0 Å². The lowest BCUT2D eigenvalue weighted by Crippen LogP contribution is -2.49. The molecule has 136 valence electrons. The second-order valence-electron chi connectivity index (χ2n) is 6.12. The maximum absolute atomic E-state index is 12.5. The number of aromatic nitrogens is 2. The smallest absolute Gasteiger partial charge is 0.318 e. The fourth-order valence-electron chi connectivity index (χ4n) is 2.91. The molecule has 0 spiro atoms. The molecule has 8 heteroatoms. The van der Waals surface area contributed by atoms with E-state index < -0.39 is 10.0 Å². The Labute approximate surface area is 148 Å². The lowest BCUT2D eigenvalue weighted by Gasteiger charge is -2.32. The van der Waals surface area contributed by atoms with Crippen LogP contribution in [0.25, 0.3) is 0 Å². The van der Waals surface area contributed by atoms with E-state index in [4.69, 9.17) is 4.42 Å². The zero-order chi connectivity index (χ0) is 17.7. The minimum atomic E-state index is -3.22. The molecule has 0 aliphatic carbocycles. The standard InChI is InChI=1S/C17H24N4O3S/c1-2-16-18-19-17(24-16)20-10-12-21(13-11-20)25(22,23)14-6-9-15-7-4-3-5-8-15/h3-5,7-8H,2,6,9-14H2,1H3. The molecule has 7 nitrogen and oxygen atoms in total. The van der Waals surface area contributed by atoms with Crippen LogP contribution < -0.4 is 4.90 Å². The number of hydrogen-bond acceptors (Lipinski definition) is 6. The number of nitrogens with zero attached hydrogens (tertiary/aromatic N) is 4. The summed E-state index contributed by atoms with van der Waals surface area (Å²) < 4.78 is 32.2. The van der Waals surface area contributed by atoms with Gasteiger partial charge in [0.25, 0.3) is 0 Å². The van der Waals surface area contributed by atoms with Crippen molar-refractivity contribution in [3.05, 3.63) is 41.8 Å². The topological polar surface area (TPSA) is 79.5 Å². The molecule has 0 amide bonds. The molecule has 1 aromatic heterocycles. The highest BCUT2D eigenvalue weighted by Gasteiger charge is 2.28. The SMILES string of the molecule is CCc1nnc(N2CCN(S(=O)(=O)CCCc3ccccc3)CC2)o1. The minimum Gasteiger partial charge on any atom is -0.408 e. The number of rotatable bonds is 7. The number of hydrogen-bond donors (Lipinski definition) is 0. The van der Waals surface area contributed by atoms with Gasteiger partial charge in [0.1, 0.15) is 0 Å². The van der Waals surface area contributed by atoms with Gasteiger partial charge >= 0.3 is 6.01 Å². The highest BCUT2D eigenvalue weighted by Crippen LogP contribution is 2.17. The summed E-state index contributed by atoms with van der Waals surface area (Å²) in [4.78, 5) is 1.95. The molecule has 0 saturated carbocycles. The van der Waals surface area contributed by atoms with Gasteiger partial charge in [0.15, 0.2) is 0 Å². The molecule has 3 rings (SSSR count). The second-order valence-corrected chi connectivity index (χ2v) is 8.21. The molecular weight excluding hydrogens is 340 g/mol. The molecule has 1 aromatic carbocycles. The Hall–Kier alpha value is -1.93. The Bertz CT molecular complexity index is 768. The van der Waals surface area contributed by atoms with Crippen molar-refractivity contribution in [2.75, 3.05) is 36.8 Å². The summed E-state index contributed by atoms with van der Waals surface area (Å²) in [7, 11) is -3.22. The molecule has 1 aliphatic heterocycles. The summed E-state index contributed by atoms with van der Waals surface area (Å²) >= 11 is 0. The number of benzene rings is 1. The fourth-order valence-corrected chi connectivity index (χ4v) is 4.39. The average molecular weight is 364 g/mol. The first kappa shape index (κ1) is 17.9. The lowest BCUT2D eigenvalue weighted by atomic mass is 10.1. The number of aryl methyl sites for hydroxylation is 2. The minimum absolute atomic E-state index is 0.183. The molecule has 0 atom stereocenters. The van der Waals surface area contributed by atoms with E-state index >= 15 is 0 Å². The monoisotopic (exact) mass is 364 g/mol. The van der Waals surface area contributed by atoms with E-state index in [0.717, 1.165) is 6.42 Å². The second kappa shape index (κ2) is 7.97. The van der Waals surface area contributed by atoms with Gasteiger partial charge in [0, 0.05) is 32.6 Å². The van der Waals surface area contributed by atoms with Crippen LogP contribution in [0.5, 0.6) is 0 Å². The molecule has 0 bridgehead atoms. The molecule has 0 unspecified atom stereocenters. The Morgan fingerprint density at radius 1 is 1.08 bits per heavy atom. The summed E-state index contributed by atoms with van der Waals surface area (Å²) in [6.07, 6.45) is 2.11. The van der Waals surface area contributed by atoms with Gasteiger partial charge < -0.3 is 9.32 Å². The first-order chi connectivity index (χ1) is 12.1. The molecule has 1 aliphatic rings. The average Bonchev–Trinajstić information content (AvgIpc) is 3.12. The largest absolute Gasteiger partial charge is 0.408 e. The molecule has 2 heterocycles. The third-order valence-electron chi connectivity index (χ3n) is 4.37. The van der Waals surface area contributed by atoms with Crippen LogP contribution in [0.15, 0.2) is 34.7 Å². The maximum atomic E-state index is 12.5. The number of piperazine rings is 1. The van der Waals surface area contributed by atoms with E-state index in [1.54, 1.807) is 4.31 Å². The van der Waals surface area contributed by atoms with Crippen LogP contribution in [0.1, 0.15) is 24.8 Å². The van der Waals surface area contributed by atoms with E-state index in [2.05, 4.69) is 10.2 Å². The number of sulfonamides is 1. The van der Waals surface area contributed by atoms with Crippen LogP contribution in [-0.4, -0.2) is 54.9 Å². The third-order valence-corrected chi connectivity index (χ3v) is 6.33. The van der Waals surface area contributed by atoms with Gasteiger partial charge in [-0.05, 0) is 18.4 Å². The van der Waals surface area contributed by atoms with Crippen molar-refractivity contribution in [1.82, 2.24) is 14.5 Å². The van der Waals surface area contributed by atoms with Gasteiger partial charge in [0.05, 0.1) is 5.75 Å². The number of anilines is 1. The molecule has 0 N–H and O–H groups in total. The van der Waals surface area contributed by atoms with Gasteiger partial charge in [-0.15, -0.1) is 5.10 Å². The van der Waals surface area contributed by atoms with Crippen LogP contribution in [-0.2, 0) is 22.9 Å². The molecule has 0 radical (unpaired) electrons. The van der Waals surface area contributed by atoms with E-state index in [0.29, 0.717) is 50.9 Å². The first-order valence-electron chi connectivity index (χ1n) is 8.67. The lowest BCUT2D eigenvalue weighted by molar-refractivity contribution is 0.368. The van der Waals surface area contributed by atoms with E-state index in [1.165, 1.54) is 5.56 Å². The molecular formula is C17H24N4O3S. The van der Waals surface area contributed by atoms with E-state index in [-0.39, 0.29) is 5.75 Å². The highest BCUT2D eigenvalue weighted by atomic mass is 32.2. The van der Waals surface area contributed by atoms with Gasteiger partial charge in [-0.3, -0.25) is 0 Å². The molecule has 25 heavy (non-hydrogen) atoms. The van der Waals surface area contributed by atoms with E-state index in [1.807, 2.05) is 42.2 Å². The highest BCUT2D eigenvalue weighted by molar-refractivity contribution is 7.89. The zero-order valence-electron chi connectivity index (χ0n) is 14.5. The normalized spacial score (nSPS) is 16.3. The van der Waals surface area contributed by atoms with Crippen molar-refractivity contribution in [3.8, 4) is 0 Å². The van der Waals surface area contributed by atoms with Crippen molar-refractivity contribution < 1.29 is 12.8 Å². The molecule has 2 aromatic rings. The predicted molar refractivity (Wildman–Crippen MR) is 96.0 cm³/mol. The summed E-state index contributed by atoms with van der Waals surface area (Å²) in [5.41, 5.74) is 1.17. The van der Waals surface area contributed by atoms with Crippen LogP contribution in [0.3, 0.4) is 0 Å². The van der Waals surface area contributed by atoms with Crippen molar-refractivity contribution >= 4 is 16.0 Å². The Morgan fingerprint density at radius 2 is 1.80 bits per heavy atom. The zero-order valence-corrected chi connectivity index (χ0v) is 15.3. The Kier molecular flexibility index (Phi) is 5.70. The molecule has 1 fully saturated rings. The molecule has 1 saturated heterocycles. The Balaban J connectivity index is 1.49. The van der Waals surface area contributed by atoms with Crippen molar-refractivity contribution in [2.24, 2.45) is 0 Å². The predicted octanol–water partition coefficient (Wildman–Crippen LogP) is 1.72. The van der Waals surface area contributed by atoms with Crippen molar-refractivity contribution in [3.63, 3.8) is 0 Å². The summed E-state index contributed by atoms with van der Waals surface area (Å²) in [6.45, 7) is 4.01. The maximum Gasteiger partial charge on any atom is 0.318 e. The Morgan fingerprint density at radius 3 is 2.44 bits per heavy atom. The van der Waals surface area contributed by atoms with Gasteiger partial charge in [-0.2, -0.15) is 4.31 Å². The van der Waals surface area contributed by atoms with Gasteiger partial charge in [-0.1, -0.05) is 42.4 Å². The van der Waals surface area contributed by atoms with E-state index in [9.17, 15) is 8.42 Å². The van der Waals surface area contributed by atoms with Gasteiger partial charge in [0.2, 0.25) is 15.9 Å². The van der Waals surface area contributed by atoms with Crippen LogP contribution in [0.4, 0.5) is 6.01 Å².